The van der Waals surface area contributed by atoms with Crippen LogP contribution in [0.5, 0.6) is 0 Å². The van der Waals surface area contributed by atoms with Crippen molar-refractivity contribution >= 4 is 28.9 Å². The first-order valence-corrected chi connectivity index (χ1v) is 8.84. The van der Waals surface area contributed by atoms with E-state index in [4.69, 9.17) is 0 Å². The van der Waals surface area contributed by atoms with Crippen molar-refractivity contribution in [2.45, 2.75) is 46.3 Å². The monoisotopic (exact) mass is 326 g/mol. The first-order valence-electron chi connectivity index (χ1n) is 7.86. The number of amides is 3. The first-order chi connectivity index (χ1) is 10.3. The van der Waals surface area contributed by atoms with Gasteiger partial charge in [-0.3, -0.25) is 10.1 Å². The Kier molecular flexibility index (Phi) is 5.36. The fourth-order valence-electron chi connectivity index (χ4n) is 2.49. The number of amidine groups is 1. The van der Waals surface area contributed by atoms with Crippen LogP contribution >= 0.6 is 11.8 Å². The summed E-state index contributed by atoms with van der Waals surface area (Å²) in [6.07, 6.45) is 0.596. The molecule has 0 aliphatic carbocycles. The highest BCUT2D eigenvalue weighted by Crippen LogP contribution is 2.29. The fraction of sp³-hybridized carbons (Fsp3) is 0.800. The van der Waals surface area contributed by atoms with Crippen LogP contribution in [0.2, 0.25) is 0 Å². The SMILES string of the molecule is CC(C)CCN1C(SCC(C)C)=NC2C1C(=O)NC(=O)N2C. The molecular formula is C15H26N4O2S. The number of likely N-dealkylation sites (N-methyl/N-ethyl adjacent to an activating group) is 1. The van der Waals surface area contributed by atoms with E-state index in [0.717, 1.165) is 23.9 Å². The Hall–Kier alpha value is -1.24. The second-order valence-corrected chi connectivity index (χ2v) is 7.74. The van der Waals surface area contributed by atoms with Gasteiger partial charge in [-0.1, -0.05) is 39.5 Å². The number of carbonyl (C=O) groups excluding carboxylic acids is 2. The van der Waals surface area contributed by atoms with Gasteiger partial charge in [0.2, 0.25) is 0 Å². The summed E-state index contributed by atoms with van der Waals surface area (Å²) in [5, 5.41) is 3.32. The van der Waals surface area contributed by atoms with Crippen LogP contribution in [0, 0.1) is 11.8 Å². The molecule has 1 N–H and O–H groups in total. The lowest BCUT2D eigenvalue weighted by molar-refractivity contribution is -0.127. The van der Waals surface area contributed by atoms with Gasteiger partial charge in [0, 0.05) is 19.3 Å². The van der Waals surface area contributed by atoms with Crippen molar-refractivity contribution in [1.29, 1.82) is 0 Å². The number of urea groups is 1. The summed E-state index contributed by atoms with van der Waals surface area (Å²) in [4.78, 5) is 32.4. The second-order valence-electron chi connectivity index (χ2n) is 6.76. The normalized spacial score (nSPS) is 25.0. The van der Waals surface area contributed by atoms with Crippen LogP contribution in [-0.4, -0.2) is 58.5 Å². The molecule has 3 amide bonds. The van der Waals surface area contributed by atoms with Crippen molar-refractivity contribution in [2.75, 3.05) is 19.3 Å². The van der Waals surface area contributed by atoms with Gasteiger partial charge in [-0.25, -0.2) is 9.79 Å². The van der Waals surface area contributed by atoms with Crippen molar-refractivity contribution in [3.05, 3.63) is 0 Å². The van der Waals surface area contributed by atoms with Crippen LogP contribution in [0.4, 0.5) is 4.79 Å². The van der Waals surface area contributed by atoms with E-state index in [-0.39, 0.29) is 11.9 Å². The zero-order valence-electron chi connectivity index (χ0n) is 14.0. The predicted molar refractivity (Wildman–Crippen MR) is 89.8 cm³/mol. The lowest BCUT2D eigenvalue weighted by Gasteiger charge is -2.36. The van der Waals surface area contributed by atoms with E-state index in [9.17, 15) is 9.59 Å². The van der Waals surface area contributed by atoms with Crippen LogP contribution in [-0.2, 0) is 4.79 Å². The number of imide groups is 1. The Morgan fingerprint density at radius 3 is 2.50 bits per heavy atom. The molecule has 0 spiro atoms. The molecule has 7 heteroatoms. The molecule has 2 rings (SSSR count). The number of nitrogens with zero attached hydrogens (tertiary/aromatic N) is 3. The van der Waals surface area contributed by atoms with E-state index in [1.165, 1.54) is 4.90 Å². The summed E-state index contributed by atoms with van der Waals surface area (Å²) in [5.74, 6) is 1.83. The van der Waals surface area contributed by atoms with Crippen LogP contribution in [0.3, 0.4) is 0 Å². The number of aliphatic imine (C=N–C) groups is 1. The molecule has 1 fully saturated rings. The lowest BCUT2D eigenvalue weighted by Crippen LogP contribution is -2.63. The third-order valence-electron chi connectivity index (χ3n) is 3.82. The number of hydrogen-bond acceptors (Lipinski definition) is 5. The van der Waals surface area contributed by atoms with Gasteiger partial charge in [0.15, 0.2) is 17.4 Å². The molecule has 1 saturated heterocycles. The molecule has 2 atom stereocenters. The Morgan fingerprint density at radius 1 is 1.23 bits per heavy atom. The number of hydrogen-bond donors (Lipinski definition) is 1. The topological polar surface area (TPSA) is 65.0 Å². The maximum absolute atomic E-state index is 12.3. The number of thioether (sulfide) groups is 1. The minimum absolute atomic E-state index is 0.235. The maximum Gasteiger partial charge on any atom is 0.325 e. The maximum atomic E-state index is 12.3. The summed E-state index contributed by atoms with van der Waals surface area (Å²) in [5.41, 5.74) is 0. The second kappa shape index (κ2) is 6.89. The summed E-state index contributed by atoms with van der Waals surface area (Å²) in [6, 6.07) is -0.759. The molecule has 22 heavy (non-hydrogen) atoms. The van der Waals surface area contributed by atoms with E-state index >= 15 is 0 Å². The molecule has 0 aromatic carbocycles. The van der Waals surface area contributed by atoms with E-state index in [1.807, 2.05) is 0 Å². The first kappa shape index (κ1) is 17.1. The number of carbonyl (C=O) groups is 2. The molecule has 2 heterocycles. The van der Waals surface area contributed by atoms with E-state index in [2.05, 4.69) is 42.9 Å². The predicted octanol–water partition coefficient (Wildman–Crippen LogP) is 1.97. The van der Waals surface area contributed by atoms with Crippen LogP contribution in [0.25, 0.3) is 0 Å². The van der Waals surface area contributed by atoms with Gasteiger partial charge in [-0.15, -0.1) is 0 Å². The number of nitrogens with one attached hydrogen (secondary N) is 1. The van der Waals surface area contributed by atoms with Gasteiger partial charge in [-0.2, -0.15) is 0 Å². The summed E-state index contributed by atoms with van der Waals surface area (Å²) >= 11 is 1.68. The van der Waals surface area contributed by atoms with Crippen molar-refractivity contribution in [1.82, 2.24) is 15.1 Å². The third-order valence-corrected chi connectivity index (χ3v) is 5.25. The Labute approximate surface area is 136 Å². The lowest BCUT2D eigenvalue weighted by atomic mass is 10.1. The average Bonchev–Trinajstić information content (AvgIpc) is 2.79. The quantitative estimate of drug-likeness (QED) is 0.839. The van der Waals surface area contributed by atoms with Gasteiger partial charge in [0.25, 0.3) is 5.91 Å². The smallest absolute Gasteiger partial charge is 0.325 e. The van der Waals surface area contributed by atoms with Crippen molar-refractivity contribution in [3.8, 4) is 0 Å². The van der Waals surface area contributed by atoms with Gasteiger partial charge in [0.1, 0.15) is 0 Å². The Bertz CT molecular complexity index is 478. The van der Waals surface area contributed by atoms with Crippen LogP contribution < -0.4 is 5.32 Å². The molecule has 2 aliphatic rings. The van der Waals surface area contributed by atoms with E-state index in [1.54, 1.807) is 18.8 Å². The highest BCUT2D eigenvalue weighted by molar-refractivity contribution is 8.13. The Balaban J connectivity index is 2.20. The molecule has 6 nitrogen and oxygen atoms in total. The molecule has 0 saturated carbocycles. The molecule has 0 aromatic heterocycles. The van der Waals surface area contributed by atoms with Gasteiger partial charge >= 0.3 is 6.03 Å². The molecular weight excluding hydrogens is 300 g/mol. The zero-order chi connectivity index (χ0) is 16.4. The van der Waals surface area contributed by atoms with Crippen molar-refractivity contribution in [2.24, 2.45) is 16.8 Å². The van der Waals surface area contributed by atoms with E-state index < -0.39 is 12.2 Å². The summed E-state index contributed by atoms with van der Waals surface area (Å²) < 4.78 is 0. The summed E-state index contributed by atoms with van der Waals surface area (Å²) in [6.45, 7) is 9.45. The fourth-order valence-corrected chi connectivity index (χ4v) is 3.53. The molecule has 0 aromatic rings. The Morgan fingerprint density at radius 2 is 1.91 bits per heavy atom. The molecule has 2 unspecified atom stereocenters. The number of fused-ring (bicyclic) bond motifs is 1. The number of rotatable bonds is 5. The third kappa shape index (κ3) is 3.56. The molecule has 0 radical (unpaired) electrons. The molecule has 0 bridgehead atoms. The molecule has 2 aliphatic heterocycles. The van der Waals surface area contributed by atoms with Gasteiger partial charge in [-0.05, 0) is 18.3 Å². The minimum atomic E-state index is -0.400. The molecule has 124 valence electrons. The van der Waals surface area contributed by atoms with Gasteiger partial charge in [0.05, 0.1) is 0 Å². The highest BCUT2D eigenvalue weighted by atomic mass is 32.2. The van der Waals surface area contributed by atoms with Gasteiger partial charge < -0.3 is 9.80 Å². The van der Waals surface area contributed by atoms with Crippen molar-refractivity contribution in [3.63, 3.8) is 0 Å². The largest absolute Gasteiger partial charge is 0.336 e. The van der Waals surface area contributed by atoms with Crippen LogP contribution in [0.15, 0.2) is 4.99 Å². The van der Waals surface area contributed by atoms with Crippen molar-refractivity contribution < 1.29 is 9.59 Å². The van der Waals surface area contributed by atoms with Crippen LogP contribution in [0.1, 0.15) is 34.1 Å². The zero-order valence-corrected chi connectivity index (χ0v) is 14.8. The highest BCUT2D eigenvalue weighted by Gasteiger charge is 2.48. The summed E-state index contributed by atoms with van der Waals surface area (Å²) in [7, 11) is 1.69. The average molecular weight is 326 g/mol. The standard InChI is InChI=1S/C15H26N4O2S/c1-9(2)6-7-19-11-12(16-15(19)22-8-10(3)4)18(5)14(21)17-13(11)20/h9-12H,6-8H2,1-5H3,(H,17,20,21). The van der Waals surface area contributed by atoms with E-state index in [0.29, 0.717) is 11.8 Å². The minimum Gasteiger partial charge on any atom is -0.336 e.